The summed E-state index contributed by atoms with van der Waals surface area (Å²) in [5, 5.41) is 3.59. The molecule has 0 spiro atoms. The third kappa shape index (κ3) is 6.12. The molecule has 2 rings (SSSR count). The monoisotopic (exact) mass is 293 g/mol. The quantitative estimate of drug-likeness (QED) is 0.549. The molecule has 0 radical (unpaired) electrons. The van der Waals surface area contributed by atoms with Crippen LogP contribution in [-0.4, -0.2) is 26.8 Å². The summed E-state index contributed by atoms with van der Waals surface area (Å²) >= 11 is 0. The molecular formula is C19H35NO. The summed E-state index contributed by atoms with van der Waals surface area (Å²) in [6.07, 6.45) is 15.5. The number of ether oxygens (including phenoxy) is 1. The van der Waals surface area contributed by atoms with Crippen molar-refractivity contribution in [1.29, 1.82) is 0 Å². The zero-order valence-corrected chi connectivity index (χ0v) is 14.2. The molecule has 0 heterocycles. The van der Waals surface area contributed by atoms with E-state index in [1.165, 1.54) is 57.8 Å². The van der Waals surface area contributed by atoms with Gasteiger partial charge in [-0.2, -0.15) is 0 Å². The Hall–Kier alpha value is -0.340. The van der Waals surface area contributed by atoms with E-state index in [1.54, 1.807) is 12.7 Å². The Morgan fingerprint density at radius 1 is 1.10 bits per heavy atom. The lowest BCUT2D eigenvalue weighted by Crippen LogP contribution is -2.26. The number of rotatable bonds is 7. The van der Waals surface area contributed by atoms with Crippen molar-refractivity contribution >= 4 is 0 Å². The summed E-state index contributed by atoms with van der Waals surface area (Å²) in [5.74, 6) is 2.62. The summed E-state index contributed by atoms with van der Waals surface area (Å²) in [6.45, 7) is 5.30. The first kappa shape index (κ1) is 17.0. The fourth-order valence-corrected chi connectivity index (χ4v) is 4.15. The van der Waals surface area contributed by atoms with Crippen LogP contribution in [0.1, 0.15) is 64.7 Å². The van der Waals surface area contributed by atoms with Crippen molar-refractivity contribution in [3.05, 3.63) is 11.6 Å². The van der Waals surface area contributed by atoms with Gasteiger partial charge in [0.1, 0.15) is 0 Å². The van der Waals surface area contributed by atoms with E-state index in [2.05, 4.69) is 18.3 Å². The van der Waals surface area contributed by atoms with Crippen LogP contribution in [-0.2, 0) is 4.74 Å². The lowest BCUT2D eigenvalue weighted by Gasteiger charge is -2.29. The van der Waals surface area contributed by atoms with E-state index in [4.69, 9.17) is 4.74 Å². The summed E-state index contributed by atoms with van der Waals surface area (Å²) in [6, 6.07) is 0. The van der Waals surface area contributed by atoms with Gasteiger partial charge in [-0.1, -0.05) is 50.7 Å². The second-order valence-electron chi connectivity index (χ2n) is 7.28. The molecule has 0 aromatic carbocycles. The second kappa shape index (κ2) is 9.63. The molecule has 21 heavy (non-hydrogen) atoms. The van der Waals surface area contributed by atoms with Crippen LogP contribution in [0.2, 0.25) is 0 Å². The Labute approximate surface area is 131 Å². The van der Waals surface area contributed by atoms with Crippen molar-refractivity contribution in [3.63, 3.8) is 0 Å². The predicted octanol–water partition coefficient (Wildman–Crippen LogP) is 4.56. The van der Waals surface area contributed by atoms with Crippen molar-refractivity contribution in [1.82, 2.24) is 5.32 Å². The van der Waals surface area contributed by atoms with Crippen LogP contribution in [0.25, 0.3) is 0 Å². The van der Waals surface area contributed by atoms with Crippen LogP contribution in [0.4, 0.5) is 0 Å². The Balaban J connectivity index is 1.92. The molecule has 0 aromatic heterocycles. The fourth-order valence-electron chi connectivity index (χ4n) is 4.15. The largest absolute Gasteiger partial charge is 0.383 e. The maximum Gasteiger partial charge on any atom is 0.0587 e. The molecule has 2 saturated carbocycles. The zero-order chi connectivity index (χ0) is 14.9. The Bertz CT molecular complexity index is 307. The highest BCUT2D eigenvalue weighted by Gasteiger charge is 2.21. The Morgan fingerprint density at radius 2 is 1.90 bits per heavy atom. The molecule has 1 N–H and O–H groups in total. The highest BCUT2D eigenvalue weighted by Crippen LogP contribution is 2.34. The van der Waals surface area contributed by atoms with E-state index >= 15 is 0 Å². The summed E-state index contributed by atoms with van der Waals surface area (Å²) < 4.78 is 5.15. The van der Waals surface area contributed by atoms with Gasteiger partial charge in [0, 0.05) is 20.2 Å². The Kier molecular flexibility index (Phi) is 7.81. The number of hydrogen-bond donors (Lipinski definition) is 1. The standard InChI is InChI=1S/C19H35NO/c1-16-7-6-8-17(13-16)14-19(15-20-11-12-21-2)18-9-4-3-5-10-18/h14,16-18,20H,3-13,15H2,1-2H3/b19-14-. The van der Waals surface area contributed by atoms with Crippen LogP contribution in [0.15, 0.2) is 11.6 Å². The third-order valence-electron chi connectivity index (χ3n) is 5.37. The van der Waals surface area contributed by atoms with Gasteiger partial charge in [0.15, 0.2) is 0 Å². The van der Waals surface area contributed by atoms with E-state index in [9.17, 15) is 0 Å². The highest BCUT2D eigenvalue weighted by atomic mass is 16.5. The SMILES string of the molecule is COCCNC/C(=C/C1CCCC(C)C1)C1CCCCC1. The normalized spacial score (nSPS) is 28.8. The average Bonchev–Trinajstić information content (AvgIpc) is 2.51. The highest BCUT2D eigenvalue weighted by molar-refractivity contribution is 5.12. The topological polar surface area (TPSA) is 21.3 Å². The van der Waals surface area contributed by atoms with Gasteiger partial charge in [-0.3, -0.25) is 0 Å². The molecule has 0 aromatic rings. The molecule has 2 atom stereocenters. The van der Waals surface area contributed by atoms with Gasteiger partial charge in [-0.15, -0.1) is 0 Å². The van der Waals surface area contributed by atoms with Gasteiger partial charge in [0.2, 0.25) is 0 Å². The molecular weight excluding hydrogens is 258 g/mol. The lowest BCUT2D eigenvalue weighted by molar-refractivity contribution is 0.200. The van der Waals surface area contributed by atoms with Crippen molar-refractivity contribution in [3.8, 4) is 0 Å². The molecule has 2 aliphatic carbocycles. The number of methoxy groups -OCH3 is 1. The van der Waals surface area contributed by atoms with Gasteiger partial charge in [-0.05, 0) is 43.4 Å². The first-order valence-corrected chi connectivity index (χ1v) is 9.20. The third-order valence-corrected chi connectivity index (χ3v) is 5.37. The minimum Gasteiger partial charge on any atom is -0.383 e. The predicted molar refractivity (Wildman–Crippen MR) is 90.5 cm³/mol. The molecule has 0 amide bonds. The van der Waals surface area contributed by atoms with Crippen LogP contribution in [0, 0.1) is 17.8 Å². The summed E-state index contributed by atoms with van der Waals surface area (Å²) in [5.41, 5.74) is 1.71. The van der Waals surface area contributed by atoms with E-state index in [1.807, 2.05) is 0 Å². The van der Waals surface area contributed by atoms with Gasteiger partial charge < -0.3 is 10.1 Å². The van der Waals surface area contributed by atoms with Crippen LogP contribution >= 0.6 is 0 Å². The van der Waals surface area contributed by atoms with Crippen molar-refractivity contribution in [2.75, 3.05) is 26.8 Å². The minimum atomic E-state index is 0.818. The van der Waals surface area contributed by atoms with Crippen molar-refractivity contribution in [2.45, 2.75) is 64.7 Å². The molecule has 2 aliphatic rings. The van der Waals surface area contributed by atoms with Gasteiger partial charge >= 0.3 is 0 Å². The molecule has 2 nitrogen and oxygen atoms in total. The summed E-state index contributed by atoms with van der Waals surface area (Å²) in [7, 11) is 1.78. The first-order chi connectivity index (χ1) is 10.3. The first-order valence-electron chi connectivity index (χ1n) is 9.20. The molecule has 0 aliphatic heterocycles. The number of allylic oxidation sites excluding steroid dienone is 1. The lowest BCUT2D eigenvalue weighted by atomic mass is 9.78. The number of hydrogen-bond acceptors (Lipinski definition) is 2. The van der Waals surface area contributed by atoms with E-state index in [-0.39, 0.29) is 0 Å². The maximum absolute atomic E-state index is 5.15. The summed E-state index contributed by atoms with van der Waals surface area (Å²) in [4.78, 5) is 0. The van der Waals surface area contributed by atoms with Crippen molar-refractivity contribution < 1.29 is 4.74 Å². The molecule has 122 valence electrons. The molecule has 0 bridgehead atoms. The smallest absolute Gasteiger partial charge is 0.0587 e. The Morgan fingerprint density at radius 3 is 2.62 bits per heavy atom. The van der Waals surface area contributed by atoms with E-state index in [0.717, 1.165) is 37.5 Å². The van der Waals surface area contributed by atoms with Crippen LogP contribution < -0.4 is 5.32 Å². The van der Waals surface area contributed by atoms with Crippen molar-refractivity contribution in [2.24, 2.45) is 17.8 Å². The average molecular weight is 293 g/mol. The minimum absolute atomic E-state index is 0.818. The van der Waals surface area contributed by atoms with Gasteiger partial charge in [-0.25, -0.2) is 0 Å². The number of nitrogens with one attached hydrogen (secondary N) is 1. The molecule has 2 unspecified atom stereocenters. The van der Waals surface area contributed by atoms with Gasteiger partial charge in [0.25, 0.3) is 0 Å². The molecule has 2 fully saturated rings. The molecule has 2 heteroatoms. The molecule has 0 saturated heterocycles. The van der Waals surface area contributed by atoms with Crippen LogP contribution in [0.5, 0.6) is 0 Å². The maximum atomic E-state index is 5.15. The van der Waals surface area contributed by atoms with E-state index in [0.29, 0.717) is 0 Å². The fraction of sp³-hybridized carbons (Fsp3) is 0.895. The van der Waals surface area contributed by atoms with E-state index < -0.39 is 0 Å². The van der Waals surface area contributed by atoms with Gasteiger partial charge in [0.05, 0.1) is 6.61 Å². The van der Waals surface area contributed by atoms with Crippen LogP contribution in [0.3, 0.4) is 0 Å². The zero-order valence-electron chi connectivity index (χ0n) is 14.2. The second-order valence-corrected chi connectivity index (χ2v) is 7.28.